The number of hydrogen-bond donors (Lipinski definition) is 2. The van der Waals surface area contributed by atoms with Gasteiger partial charge in [-0.3, -0.25) is 9.59 Å². The Morgan fingerprint density at radius 3 is 2.57 bits per heavy atom. The number of carbonyl (C=O) groups excluding carboxylic acids is 1. The molecule has 0 radical (unpaired) electrons. The molecule has 114 valence electrons. The third-order valence-corrected chi connectivity index (χ3v) is 4.27. The number of nitrogens with one attached hydrogen (secondary N) is 1. The minimum Gasteiger partial charge on any atom is -0.481 e. The summed E-state index contributed by atoms with van der Waals surface area (Å²) >= 11 is 5.89. The quantitative estimate of drug-likeness (QED) is 0.879. The summed E-state index contributed by atoms with van der Waals surface area (Å²) in [4.78, 5) is 22.8. The predicted molar refractivity (Wildman–Crippen MR) is 81.2 cm³/mol. The number of carboxylic acid groups (broad SMARTS) is 1. The summed E-state index contributed by atoms with van der Waals surface area (Å²) in [5, 5.41) is 12.5. The minimum atomic E-state index is -0.696. The molecule has 1 aliphatic carbocycles. The zero-order valence-electron chi connectivity index (χ0n) is 11.8. The summed E-state index contributed by atoms with van der Waals surface area (Å²) in [6.07, 6.45) is 3.49. The molecule has 4 nitrogen and oxygen atoms in total. The largest absolute Gasteiger partial charge is 0.481 e. The first-order valence-corrected chi connectivity index (χ1v) is 7.66. The highest BCUT2D eigenvalue weighted by Gasteiger charge is 2.25. The number of hydrogen-bond acceptors (Lipinski definition) is 2. The molecule has 0 heterocycles. The second-order valence-corrected chi connectivity index (χ2v) is 6.10. The first-order chi connectivity index (χ1) is 10.0. The maximum absolute atomic E-state index is 11.9. The van der Waals surface area contributed by atoms with E-state index >= 15 is 0 Å². The highest BCUT2D eigenvalue weighted by molar-refractivity contribution is 6.30. The Hall–Kier alpha value is -1.55. The van der Waals surface area contributed by atoms with Crippen molar-refractivity contribution in [2.24, 2.45) is 11.8 Å². The van der Waals surface area contributed by atoms with Crippen LogP contribution in [0.5, 0.6) is 0 Å². The number of aliphatic carboxylic acids is 1. The molecule has 0 aliphatic heterocycles. The summed E-state index contributed by atoms with van der Waals surface area (Å²) in [5.41, 5.74) is 0.898. The molecule has 0 spiro atoms. The highest BCUT2D eigenvalue weighted by Crippen LogP contribution is 2.28. The van der Waals surface area contributed by atoms with Crippen molar-refractivity contribution in [3.63, 3.8) is 0 Å². The molecule has 1 amide bonds. The Kier molecular flexibility index (Phi) is 5.62. The van der Waals surface area contributed by atoms with E-state index in [1.807, 2.05) is 12.1 Å². The van der Waals surface area contributed by atoms with Gasteiger partial charge in [-0.2, -0.15) is 0 Å². The summed E-state index contributed by atoms with van der Waals surface area (Å²) in [5.74, 6) is -0.525. The molecule has 1 fully saturated rings. The molecule has 1 aromatic carbocycles. The zero-order valence-corrected chi connectivity index (χ0v) is 12.6. The number of amides is 1. The van der Waals surface area contributed by atoms with Gasteiger partial charge in [0.2, 0.25) is 5.91 Å². The fraction of sp³-hybridized carbons (Fsp3) is 0.500. The van der Waals surface area contributed by atoms with Gasteiger partial charge in [0.15, 0.2) is 0 Å². The van der Waals surface area contributed by atoms with Crippen LogP contribution in [0, 0.1) is 11.8 Å². The number of benzene rings is 1. The van der Waals surface area contributed by atoms with E-state index in [9.17, 15) is 9.59 Å². The van der Waals surface area contributed by atoms with Gasteiger partial charge < -0.3 is 10.4 Å². The molecule has 0 bridgehead atoms. The molecule has 2 rings (SSSR count). The summed E-state index contributed by atoms with van der Waals surface area (Å²) in [6.45, 7) is 0.631. The lowest BCUT2D eigenvalue weighted by Crippen LogP contribution is -2.33. The van der Waals surface area contributed by atoms with E-state index in [0.717, 1.165) is 18.4 Å². The Balaban J connectivity index is 1.71. The minimum absolute atomic E-state index is 0.0161. The molecular weight excluding hydrogens is 290 g/mol. The number of halogens is 1. The highest BCUT2D eigenvalue weighted by atomic mass is 35.5. The van der Waals surface area contributed by atoms with Crippen molar-refractivity contribution < 1.29 is 14.7 Å². The van der Waals surface area contributed by atoms with E-state index in [0.29, 0.717) is 36.7 Å². The Bertz CT molecular complexity index is 510. The Morgan fingerprint density at radius 1 is 1.24 bits per heavy atom. The van der Waals surface area contributed by atoms with Gasteiger partial charge in [-0.15, -0.1) is 0 Å². The fourth-order valence-corrected chi connectivity index (χ4v) is 2.98. The monoisotopic (exact) mass is 309 g/mol. The van der Waals surface area contributed by atoms with Gasteiger partial charge in [0, 0.05) is 11.6 Å². The van der Waals surface area contributed by atoms with Crippen LogP contribution in [0.4, 0.5) is 0 Å². The molecule has 2 N–H and O–H groups in total. The molecule has 21 heavy (non-hydrogen) atoms. The van der Waals surface area contributed by atoms with Crippen molar-refractivity contribution in [1.82, 2.24) is 5.32 Å². The van der Waals surface area contributed by atoms with Crippen molar-refractivity contribution in [2.75, 3.05) is 6.54 Å². The molecular formula is C16H20ClNO3. The third-order valence-electron chi connectivity index (χ3n) is 4.04. The van der Waals surface area contributed by atoms with Crippen LogP contribution in [0.1, 0.15) is 31.2 Å². The number of rotatable bonds is 5. The van der Waals surface area contributed by atoms with Crippen molar-refractivity contribution in [3.8, 4) is 0 Å². The lowest BCUT2D eigenvalue weighted by atomic mass is 9.82. The molecule has 0 atom stereocenters. The van der Waals surface area contributed by atoms with Crippen LogP contribution in [0.2, 0.25) is 5.02 Å². The normalized spacial score (nSPS) is 21.8. The average molecular weight is 310 g/mol. The topological polar surface area (TPSA) is 66.4 Å². The van der Waals surface area contributed by atoms with E-state index in [-0.39, 0.29) is 11.8 Å². The second kappa shape index (κ2) is 7.46. The lowest BCUT2D eigenvalue weighted by molar-refractivity contribution is -0.143. The van der Waals surface area contributed by atoms with Gasteiger partial charge in [0.05, 0.1) is 12.3 Å². The Morgan fingerprint density at radius 2 is 1.95 bits per heavy atom. The molecule has 0 saturated heterocycles. The van der Waals surface area contributed by atoms with Gasteiger partial charge in [-0.1, -0.05) is 23.7 Å². The van der Waals surface area contributed by atoms with E-state index in [1.165, 1.54) is 0 Å². The van der Waals surface area contributed by atoms with Gasteiger partial charge in [-0.25, -0.2) is 0 Å². The van der Waals surface area contributed by atoms with Crippen molar-refractivity contribution in [1.29, 1.82) is 0 Å². The van der Waals surface area contributed by atoms with Crippen LogP contribution in [-0.4, -0.2) is 23.5 Å². The fourth-order valence-electron chi connectivity index (χ4n) is 2.77. The van der Waals surface area contributed by atoms with Gasteiger partial charge in [-0.05, 0) is 49.3 Å². The third kappa shape index (κ3) is 5.05. The smallest absolute Gasteiger partial charge is 0.306 e. The lowest BCUT2D eigenvalue weighted by Gasteiger charge is -2.26. The first-order valence-electron chi connectivity index (χ1n) is 7.28. The molecule has 0 aromatic heterocycles. The van der Waals surface area contributed by atoms with E-state index in [1.54, 1.807) is 12.1 Å². The predicted octanol–water partition coefficient (Wildman–Crippen LogP) is 2.89. The van der Waals surface area contributed by atoms with Crippen LogP contribution >= 0.6 is 11.6 Å². The summed E-state index contributed by atoms with van der Waals surface area (Å²) in [6, 6.07) is 7.28. The van der Waals surface area contributed by atoms with Crippen LogP contribution in [0.15, 0.2) is 24.3 Å². The van der Waals surface area contributed by atoms with Crippen molar-refractivity contribution in [2.45, 2.75) is 32.1 Å². The van der Waals surface area contributed by atoms with Crippen LogP contribution in [0.3, 0.4) is 0 Å². The molecule has 0 unspecified atom stereocenters. The van der Waals surface area contributed by atoms with Gasteiger partial charge in [0.1, 0.15) is 0 Å². The van der Waals surface area contributed by atoms with E-state index in [2.05, 4.69) is 5.32 Å². The van der Waals surface area contributed by atoms with Crippen LogP contribution in [-0.2, 0) is 16.0 Å². The Labute approximate surface area is 129 Å². The van der Waals surface area contributed by atoms with Crippen molar-refractivity contribution >= 4 is 23.5 Å². The number of carbonyl (C=O) groups is 2. The molecule has 1 saturated carbocycles. The second-order valence-electron chi connectivity index (χ2n) is 5.67. The van der Waals surface area contributed by atoms with E-state index in [4.69, 9.17) is 16.7 Å². The summed E-state index contributed by atoms with van der Waals surface area (Å²) in [7, 11) is 0. The van der Waals surface area contributed by atoms with E-state index < -0.39 is 5.97 Å². The number of carboxylic acids is 1. The van der Waals surface area contributed by atoms with Crippen LogP contribution < -0.4 is 5.32 Å². The summed E-state index contributed by atoms with van der Waals surface area (Å²) < 4.78 is 0. The zero-order chi connectivity index (χ0) is 15.2. The molecule has 5 heteroatoms. The van der Waals surface area contributed by atoms with Crippen LogP contribution in [0.25, 0.3) is 0 Å². The van der Waals surface area contributed by atoms with Gasteiger partial charge in [0.25, 0.3) is 0 Å². The molecule has 1 aliphatic rings. The maximum Gasteiger partial charge on any atom is 0.306 e. The van der Waals surface area contributed by atoms with Crippen molar-refractivity contribution in [3.05, 3.63) is 34.9 Å². The maximum atomic E-state index is 11.9. The standard InChI is InChI=1S/C16H20ClNO3/c17-14-3-1-2-12(8-14)9-15(19)18-10-11-4-6-13(7-5-11)16(20)21/h1-3,8,11,13H,4-7,9-10H2,(H,18,19)(H,20,21). The van der Waals surface area contributed by atoms with Gasteiger partial charge >= 0.3 is 5.97 Å². The average Bonchev–Trinajstić information content (AvgIpc) is 2.45. The SMILES string of the molecule is O=C(Cc1cccc(Cl)c1)NCC1CCC(C(=O)O)CC1. The molecule has 1 aromatic rings. The first kappa shape index (κ1) is 15.8.